The van der Waals surface area contributed by atoms with Gasteiger partial charge in [-0.15, -0.1) is 11.3 Å². The Kier molecular flexibility index (Phi) is 4.92. The van der Waals surface area contributed by atoms with Crippen molar-refractivity contribution in [3.63, 3.8) is 0 Å². The van der Waals surface area contributed by atoms with E-state index < -0.39 is 0 Å². The minimum absolute atomic E-state index is 0.106. The van der Waals surface area contributed by atoms with E-state index in [0.717, 1.165) is 23.7 Å². The van der Waals surface area contributed by atoms with E-state index >= 15 is 0 Å². The molecule has 2 rings (SSSR count). The van der Waals surface area contributed by atoms with Crippen LogP contribution < -0.4 is 10.6 Å². The molecule has 2 aromatic rings. The minimum atomic E-state index is -0.106. The standard InChI is InChI=1S/C14H17N3OS/c1-2-3-9-15-13(18)12-10-19-14(17-12)16-11-7-5-4-6-8-11/h4-8,10H,2-3,9H2,1H3,(H,15,18)(H,16,17). The first-order valence-electron chi connectivity index (χ1n) is 6.35. The zero-order valence-electron chi connectivity index (χ0n) is 10.8. The van der Waals surface area contributed by atoms with Crippen LogP contribution in [0, 0.1) is 0 Å². The van der Waals surface area contributed by atoms with E-state index in [1.165, 1.54) is 11.3 Å². The van der Waals surface area contributed by atoms with Gasteiger partial charge in [-0.1, -0.05) is 31.5 Å². The summed E-state index contributed by atoms with van der Waals surface area (Å²) in [5, 5.41) is 8.53. The van der Waals surface area contributed by atoms with Crippen LogP contribution in [0.4, 0.5) is 10.8 Å². The SMILES string of the molecule is CCCCNC(=O)c1csc(Nc2ccccc2)n1. The van der Waals surface area contributed by atoms with Gasteiger partial charge in [-0.2, -0.15) is 0 Å². The first-order chi connectivity index (χ1) is 9.29. The van der Waals surface area contributed by atoms with Crippen LogP contribution in [0.25, 0.3) is 0 Å². The summed E-state index contributed by atoms with van der Waals surface area (Å²) < 4.78 is 0. The first kappa shape index (κ1) is 13.5. The van der Waals surface area contributed by atoms with Gasteiger partial charge in [-0.3, -0.25) is 4.79 Å². The van der Waals surface area contributed by atoms with Crippen molar-refractivity contribution in [1.82, 2.24) is 10.3 Å². The molecular weight excluding hydrogens is 258 g/mol. The average molecular weight is 275 g/mol. The van der Waals surface area contributed by atoms with Crippen molar-refractivity contribution < 1.29 is 4.79 Å². The highest BCUT2D eigenvalue weighted by molar-refractivity contribution is 7.14. The lowest BCUT2D eigenvalue weighted by Crippen LogP contribution is -2.24. The van der Waals surface area contributed by atoms with E-state index in [1.54, 1.807) is 5.38 Å². The number of anilines is 2. The Morgan fingerprint density at radius 3 is 2.84 bits per heavy atom. The third-order valence-corrected chi connectivity index (χ3v) is 3.34. The van der Waals surface area contributed by atoms with Gasteiger partial charge >= 0.3 is 0 Å². The highest BCUT2D eigenvalue weighted by Gasteiger charge is 2.09. The minimum Gasteiger partial charge on any atom is -0.351 e. The monoisotopic (exact) mass is 275 g/mol. The number of carbonyl (C=O) groups excluding carboxylic acids is 1. The lowest BCUT2D eigenvalue weighted by atomic mass is 10.3. The molecule has 19 heavy (non-hydrogen) atoms. The predicted octanol–water partition coefficient (Wildman–Crippen LogP) is 3.42. The molecule has 0 fully saturated rings. The summed E-state index contributed by atoms with van der Waals surface area (Å²) >= 11 is 1.43. The summed E-state index contributed by atoms with van der Waals surface area (Å²) in [4.78, 5) is 16.1. The maximum atomic E-state index is 11.8. The molecule has 1 aromatic heterocycles. The molecular formula is C14H17N3OS. The van der Waals surface area contributed by atoms with Crippen LogP contribution in [-0.4, -0.2) is 17.4 Å². The fourth-order valence-corrected chi connectivity index (χ4v) is 2.26. The zero-order valence-corrected chi connectivity index (χ0v) is 11.7. The third kappa shape index (κ3) is 4.06. The van der Waals surface area contributed by atoms with Gasteiger partial charge in [0.15, 0.2) is 5.13 Å². The number of thiazole rings is 1. The van der Waals surface area contributed by atoms with Crippen molar-refractivity contribution in [1.29, 1.82) is 0 Å². The Morgan fingerprint density at radius 1 is 1.32 bits per heavy atom. The van der Waals surface area contributed by atoms with Gasteiger partial charge < -0.3 is 10.6 Å². The van der Waals surface area contributed by atoms with E-state index in [0.29, 0.717) is 12.2 Å². The molecule has 2 N–H and O–H groups in total. The molecule has 0 saturated carbocycles. The molecule has 0 unspecified atom stereocenters. The summed E-state index contributed by atoms with van der Waals surface area (Å²) in [5.41, 5.74) is 1.44. The molecule has 0 aliphatic rings. The van der Waals surface area contributed by atoms with Crippen molar-refractivity contribution in [3.05, 3.63) is 41.4 Å². The Balaban J connectivity index is 1.93. The number of nitrogens with zero attached hydrogens (tertiary/aromatic N) is 1. The molecule has 1 heterocycles. The van der Waals surface area contributed by atoms with Crippen LogP contribution >= 0.6 is 11.3 Å². The quantitative estimate of drug-likeness (QED) is 0.794. The summed E-state index contributed by atoms with van der Waals surface area (Å²) in [6.07, 6.45) is 2.06. The van der Waals surface area contributed by atoms with Gasteiger partial charge in [0.2, 0.25) is 0 Å². The number of para-hydroxylation sites is 1. The van der Waals surface area contributed by atoms with Crippen LogP contribution in [0.1, 0.15) is 30.3 Å². The van der Waals surface area contributed by atoms with Crippen LogP contribution in [0.2, 0.25) is 0 Å². The molecule has 1 amide bonds. The lowest BCUT2D eigenvalue weighted by molar-refractivity contribution is 0.0949. The molecule has 4 nitrogen and oxygen atoms in total. The highest BCUT2D eigenvalue weighted by atomic mass is 32.1. The number of unbranched alkanes of at least 4 members (excludes halogenated alkanes) is 1. The largest absolute Gasteiger partial charge is 0.351 e. The molecule has 0 atom stereocenters. The van der Waals surface area contributed by atoms with Gasteiger partial charge in [0, 0.05) is 17.6 Å². The Bertz CT molecular complexity index is 524. The van der Waals surface area contributed by atoms with Crippen molar-refractivity contribution in [3.8, 4) is 0 Å². The normalized spacial score (nSPS) is 10.2. The Labute approximate surface area is 116 Å². The van der Waals surface area contributed by atoms with Crippen LogP contribution in [0.15, 0.2) is 35.7 Å². The maximum Gasteiger partial charge on any atom is 0.270 e. The van der Waals surface area contributed by atoms with Crippen LogP contribution in [-0.2, 0) is 0 Å². The van der Waals surface area contributed by atoms with Crippen molar-refractivity contribution in [2.45, 2.75) is 19.8 Å². The number of nitrogens with one attached hydrogen (secondary N) is 2. The summed E-state index contributed by atoms with van der Waals surface area (Å²) in [5.74, 6) is -0.106. The van der Waals surface area contributed by atoms with E-state index in [4.69, 9.17) is 0 Å². The van der Waals surface area contributed by atoms with E-state index in [-0.39, 0.29) is 5.91 Å². The molecule has 0 bridgehead atoms. The van der Waals surface area contributed by atoms with Crippen molar-refractivity contribution in [2.75, 3.05) is 11.9 Å². The summed E-state index contributed by atoms with van der Waals surface area (Å²) in [7, 11) is 0. The second kappa shape index (κ2) is 6.89. The van der Waals surface area contributed by atoms with Crippen molar-refractivity contribution >= 4 is 28.1 Å². The first-order valence-corrected chi connectivity index (χ1v) is 7.23. The molecule has 100 valence electrons. The second-order valence-corrected chi connectivity index (χ2v) is 5.00. The number of carbonyl (C=O) groups is 1. The van der Waals surface area contributed by atoms with Gasteiger partial charge in [0.1, 0.15) is 5.69 Å². The van der Waals surface area contributed by atoms with Gasteiger partial charge in [-0.25, -0.2) is 4.98 Å². The number of hydrogen-bond acceptors (Lipinski definition) is 4. The predicted molar refractivity (Wildman–Crippen MR) is 79.1 cm³/mol. The smallest absolute Gasteiger partial charge is 0.270 e. The zero-order chi connectivity index (χ0) is 13.5. The number of benzene rings is 1. The molecule has 0 radical (unpaired) electrons. The maximum absolute atomic E-state index is 11.8. The Hall–Kier alpha value is -1.88. The number of aromatic nitrogens is 1. The average Bonchev–Trinajstić information content (AvgIpc) is 2.89. The summed E-state index contributed by atoms with van der Waals surface area (Å²) in [6, 6.07) is 9.78. The van der Waals surface area contributed by atoms with Crippen LogP contribution in [0.5, 0.6) is 0 Å². The molecule has 1 aromatic carbocycles. The number of amides is 1. The molecule has 5 heteroatoms. The van der Waals surface area contributed by atoms with Crippen LogP contribution in [0.3, 0.4) is 0 Å². The number of rotatable bonds is 6. The highest BCUT2D eigenvalue weighted by Crippen LogP contribution is 2.20. The third-order valence-electron chi connectivity index (χ3n) is 2.58. The number of hydrogen-bond donors (Lipinski definition) is 2. The van der Waals surface area contributed by atoms with Crippen molar-refractivity contribution in [2.24, 2.45) is 0 Å². The second-order valence-electron chi connectivity index (χ2n) is 4.14. The lowest BCUT2D eigenvalue weighted by Gasteiger charge is -2.02. The Morgan fingerprint density at radius 2 is 2.11 bits per heavy atom. The van der Waals surface area contributed by atoms with E-state index in [9.17, 15) is 4.79 Å². The fraction of sp³-hybridized carbons (Fsp3) is 0.286. The van der Waals surface area contributed by atoms with E-state index in [2.05, 4.69) is 22.5 Å². The molecule has 0 saturated heterocycles. The molecule has 0 spiro atoms. The van der Waals surface area contributed by atoms with Gasteiger partial charge in [0.25, 0.3) is 5.91 Å². The van der Waals surface area contributed by atoms with Gasteiger partial charge in [-0.05, 0) is 18.6 Å². The molecule has 0 aliphatic heterocycles. The van der Waals surface area contributed by atoms with E-state index in [1.807, 2.05) is 30.3 Å². The topological polar surface area (TPSA) is 54.0 Å². The molecule has 0 aliphatic carbocycles. The van der Waals surface area contributed by atoms with Gasteiger partial charge in [0.05, 0.1) is 0 Å². The fourth-order valence-electron chi connectivity index (χ4n) is 1.55. The summed E-state index contributed by atoms with van der Waals surface area (Å²) in [6.45, 7) is 2.80.